The number of hydrogen-bond acceptors (Lipinski definition) is 9. The monoisotopic (exact) mass is 311 g/mol. The van der Waals surface area contributed by atoms with Crippen molar-refractivity contribution in [1.29, 1.82) is 0 Å². The Morgan fingerprint density at radius 1 is 1.35 bits per heavy atom. The average molecular weight is 311 g/mol. The fourth-order valence-corrected chi connectivity index (χ4v) is 2.16. The van der Waals surface area contributed by atoms with Gasteiger partial charge in [0.05, 0.1) is 13.2 Å². The van der Waals surface area contributed by atoms with Crippen LogP contribution in [0, 0.1) is 4.91 Å². The first-order chi connectivity index (χ1) is 9.60. The molecule has 0 aromatic rings. The van der Waals surface area contributed by atoms with Crippen LogP contribution in [-0.4, -0.2) is 48.2 Å². The number of nitrogens with zero attached hydrogens (tertiary/aromatic N) is 1. The molecule has 2 unspecified atom stereocenters. The Morgan fingerprint density at radius 2 is 2.00 bits per heavy atom. The van der Waals surface area contributed by atoms with E-state index in [1.165, 1.54) is 6.92 Å². The smallest absolute Gasteiger partial charge is 0.511 e. The molecular weight excluding hydrogens is 294 g/mol. The van der Waals surface area contributed by atoms with Gasteiger partial charge in [-0.05, 0) is 0 Å². The predicted molar refractivity (Wildman–Crippen MR) is 67.9 cm³/mol. The highest BCUT2D eigenvalue weighted by Crippen LogP contribution is 2.00. The maximum atomic E-state index is 11.4. The van der Waals surface area contributed by atoms with Gasteiger partial charge in [0, 0.05) is 19.8 Å². The third-order valence-corrected chi connectivity index (χ3v) is 3.38. The Hall–Kier alpha value is -1.55. The van der Waals surface area contributed by atoms with Crippen LogP contribution in [0.25, 0.3) is 0 Å². The van der Waals surface area contributed by atoms with Crippen LogP contribution in [0.15, 0.2) is 5.34 Å². The molecule has 0 amide bonds. The Kier molecular flexibility index (Phi) is 11.5. The van der Waals surface area contributed by atoms with E-state index >= 15 is 0 Å². The molecule has 0 heterocycles. The second-order valence-electron chi connectivity index (χ2n) is 3.49. The van der Waals surface area contributed by atoms with Crippen LogP contribution in [-0.2, 0) is 35.0 Å². The summed E-state index contributed by atoms with van der Waals surface area (Å²) in [7, 11) is 0. The highest BCUT2D eigenvalue weighted by atomic mass is 32.2. The summed E-state index contributed by atoms with van der Waals surface area (Å²) in [5.41, 5.74) is 0. The number of carbonyl (C=O) groups is 2. The molecular formula is C10H17NO8S. The molecule has 0 aromatic heterocycles. The SMILES string of the molecule is CC(ON=O)OC(=O)OCCC[S+]([O-])CCCOC=O. The standard InChI is InChI=1S/C10H17NO8S/c1-9(19-11-14)18-10(13)17-5-3-7-20(15)6-2-4-16-8-12/h8-9H,2-7H2,1H3. The minimum absolute atomic E-state index is 0.0383. The fourth-order valence-electron chi connectivity index (χ4n) is 1.08. The summed E-state index contributed by atoms with van der Waals surface area (Å²) >= 11 is -1.06. The summed E-state index contributed by atoms with van der Waals surface area (Å²) in [6, 6.07) is 0. The first-order valence-electron chi connectivity index (χ1n) is 5.82. The Bertz CT molecular complexity index is 290. The maximum Gasteiger partial charge on any atom is 0.511 e. The average Bonchev–Trinajstić information content (AvgIpc) is 2.40. The lowest BCUT2D eigenvalue weighted by Crippen LogP contribution is -2.19. The number of rotatable bonds is 12. The Morgan fingerprint density at radius 3 is 2.60 bits per heavy atom. The maximum absolute atomic E-state index is 11.4. The zero-order valence-electron chi connectivity index (χ0n) is 11.0. The molecule has 0 aromatic carbocycles. The molecule has 20 heavy (non-hydrogen) atoms. The summed E-state index contributed by atoms with van der Waals surface area (Å²) in [5, 5.41) is 2.10. The van der Waals surface area contributed by atoms with Crippen molar-refractivity contribution in [2.24, 2.45) is 5.34 Å². The van der Waals surface area contributed by atoms with Gasteiger partial charge < -0.3 is 23.6 Å². The van der Waals surface area contributed by atoms with Crippen LogP contribution in [0.5, 0.6) is 0 Å². The van der Waals surface area contributed by atoms with E-state index in [1.807, 2.05) is 0 Å². The van der Waals surface area contributed by atoms with Gasteiger partial charge in [-0.2, -0.15) is 0 Å². The summed E-state index contributed by atoms with van der Waals surface area (Å²) < 4.78 is 25.0. The molecule has 0 fully saturated rings. The minimum Gasteiger partial charge on any atom is -0.616 e. The van der Waals surface area contributed by atoms with Gasteiger partial charge in [-0.15, -0.1) is 4.91 Å². The molecule has 0 aliphatic heterocycles. The molecule has 116 valence electrons. The molecule has 2 atom stereocenters. The van der Waals surface area contributed by atoms with Gasteiger partial charge in [0.15, 0.2) is 5.34 Å². The normalized spacial score (nSPS) is 12.9. The molecule has 0 rings (SSSR count). The van der Waals surface area contributed by atoms with Gasteiger partial charge in [-0.3, -0.25) is 4.79 Å². The van der Waals surface area contributed by atoms with Crippen molar-refractivity contribution in [2.45, 2.75) is 26.1 Å². The molecule has 10 heteroatoms. The van der Waals surface area contributed by atoms with Gasteiger partial charge in [-0.1, -0.05) is 11.2 Å². The predicted octanol–water partition coefficient (Wildman–Crippen LogP) is 0.885. The third kappa shape index (κ3) is 11.5. The minimum atomic E-state index is -1.12. The van der Waals surface area contributed by atoms with Crippen molar-refractivity contribution >= 4 is 23.8 Å². The topological polar surface area (TPSA) is 124 Å². The second kappa shape index (κ2) is 12.5. The van der Waals surface area contributed by atoms with Crippen molar-refractivity contribution in [1.82, 2.24) is 0 Å². The number of hydrogen-bond donors (Lipinski definition) is 0. The Labute approximate surface area is 119 Å². The zero-order valence-corrected chi connectivity index (χ0v) is 11.8. The van der Waals surface area contributed by atoms with Crippen molar-refractivity contribution in [3.05, 3.63) is 4.91 Å². The molecule has 0 saturated carbocycles. The zero-order chi connectivity index (χ0) is 15.2. The molecule has 0 aliphatic rings. The second-order valence-corrected chi connectivity index (χ2v) is 5.18. The van der Waals surface area contributed by atoms with E-state index in [1.54, 1.807) is 0 Å². The Balaban J connectivity index is 3.47. The summed E-state index contributed by atoms with van der Waals surface area (Å²) in [6.07, 6.45) is -1.20. The number of carbonyl (C=O) groups excluding carboxylic acids is 2. The van der Waals surface area contributed by atoms with Gasteiger partial charge in [0.1, 0.15) is 11.5 Å². The first-order valence-corrected chi connectivity index (χ1v) is 7.31. The lowest BCUT2D eigenvalue weighted by atomic mass is 10.5. The van der Waals surface area contributed by atoms with E-state index < -0.39 is 23.6 Å². The molecule has 0 aliphatic carbocycles. The van der Waals surface area contributed by atoms with E-state index in [-0.39, 0.29) is 13.2 Å². The fraction of sp³-hybridized carbons (Fsp3) is 0.800. The van der Waals surface area contributed by atoms with Crippen LogP contribution >= 0.6 is 0 Å². The third-order valence-electron chi connectivity index (χ3n) is 1.89. The quantitative estimate of drug-likeness (QED) is 0.0989. The lowest BCUT2D eigenvalue weighted by Gasteiger charge is -2.11. The summed E-state index contributed by atoms with van der Waals surface area (Å²) in [4.78, 5) is 34.6. The van der Waals surface area contributed by atoms with Crippen molar-refractivity contribution in [2.75, 3.05) is 24.7 Å². The van der Waals surface area contributed by atoms with Gasteiger partial charge in [0.25, 0.3) is 12.8 Å². The number of ether oxygens (including phenoxy) is 3. The van der Waals surface area contributed by atoms with E-state index in [4.69, 9.17) is 0 Å². The summed E-state index contributed by atoms with van der Waals surface area (Å²) in [5.74, 6) is 0.768. The van der Waals surface area contributed by atoms with Crippen LogP contribution in [0.1, 0.15) is 19.8 Å². The molecule has 0 bridgehead atoms. The largest absolute Gasteiger partial charge is 0.616 e. The summed E-state index contributed by atoms with van der Waals surface area (Å²) in [6.45, 7) is 1.92. The molecule has 0 radical (unpaired) electrons. The molecule has 0 spiro atoms. The van der Waals surface area contributed by atoms with E-state index in [0.29, 0.717) is 30.8 Å². The van der Waals surface area contributed by atoms with E-state index in [9.17, 15) is 19.0 Å². The molecule has 9 nitrogen and oxygen atoms in total. The van der Waals surface area contributed by atoms with Crippen molar-refractivity contribution in [3.8, 4) is 0 Å². The molecule has 0 N–H and O–H groups in total. The lowest BCUT2D eigenvalue weighted by molar-refractivity contribution is -0.128. The van der Waals surface area contributed by atoms with Gasteiger partial charge in [0.2, 0.25) is 0 Å². The van der Waals surface area contributed by atoms with Crippen LogP contribution in [0.3, 0.4) is 0 Å². The van der Waals surface area contributed by atoms with E-state index in [2.05, 4.69) is 24.4 Å². The van der Waals surface area contributed by atoms with Crippen molar-refractivity contribution in [3.63, 3.8) is 0 Å². The first kappa shape index (κ1) is 18.4. The van der Waals surface area contributed by atoms with Gasteiger partial charge >= 0.3 is 6.16 Å². The highest BCUT2D eigenvalue weighted by Gasteiger charge is 2.12. The van der Waals surface area contributed by atoms with Crippen LogP contribution in [0.4, 0.5) is 4.79 Å². The highest BCUT2D eigenvalue weighted by molar-refractivity contribution is 7.91. The van der Waals surface area contributed by atoms with Crippen LogP contribution in [0.2, 0.25) is 0 Å². The van der Waals surface area contributed by atoms with Gasteiger partial charge in [-0.25, -0.2) is 4.79 Å². The van der Waals surface area contributed by atoms with Crippen molar-refractivity contribution < 1.29 is 33.2 Å². The van der Waals surface area contributed by atoms with E-state index in [0.717, 1.165) is 0 Å². The molecule has 0 saturated heterocycles. The van der Waals surface area contributed by atoms with Crippen LogP contribution < -0.4 is 0 Å².